The summed E-state index contributed by atoms with van der Waals surface area (Å²) in [7, 11) is -1.80. The molecule has 3 aromatic rings. The molecule has 0 N–H and O–H groups in total. The number of methoxy groups -OCH3 is 1. The van der Waals surface area contributed by atoms with Crippen LogP contribution in [0.15, 0.2) is 57.9 Å². The Hall–Kier alpha value is -2.97. The van der Waals surface area contributed by atoms with E-state index in [2.05, 4.69) is 10.1 Å². The van der Waals surface area contributed by atoms with Gasteiger partial charge in [0.15, 0.2) is 0 Å². The summed E-state index contributed by atoms with van der Waals surface area (Å²) in [5.74, 6) is 1.56. The van der Waals surface area contributed by atoms with Crippen molar-refractivity contribution in [1.82, 2.24) is 14.4 Å². The summed E-state index contributed by atoms with van der Waals surface area (Å²) < 4.78 is 37.1. The lowest BCUT2D eigenvalue weighted by Gasteiger charge is -2.15. The third kappa shape index (κ3) is 4.23. The molecule has 2 heterocycles. The van der Waals surface area contributed by atoms with Crippen molar-refractivity contribution < 1.29 is 17.7 Å². The Morgan fingerprint density at radius 1 is 1.00 bits per heavy atom. The molecule has 1 aliphatic heterocycles. The second-order valence-corrected chi connectivity index (χ2v) is 8.64. The highest BCUT2D eigenvalue weighted by Crippen LogP contribution is 2.24. The first kappa shape index (κ1) is 19.4. The average molecular weight is 411 g/mol. The molecule has 0 aliphatic carbocycles. The smallest absolute Gasteiger partial charge is 0.250 e. The van der Waals surface area contributed by atoms with Gasteiger partial charge in [-0.3, -0.25) is 0 Å². The summed E-state index contributed by atoms with van der Waals surface area (Å²) in [5.41, 5.74) is 1.67. The summed E-state index contributed by atoms with van der Waals surface area (Å²) in [4.78, 5) is 4.63. The molecule has 8 heteroatoms. The predicted molar refractivity (Wildman–Crippen MR) is 110 cm³/mol. The van der Waals surface area contributed by atoms with Gasteiger partial charge in [0.2, 0.25) is 15.8 Å². The van der Waals surface area contributed by atoms with E-state index in [9.17, 15) is 8.42 Å². The number of ether oxygens (including phenoxy) is 1. The van der Waals surface area contributed by atoms with E-state index in [1.807, 2.05) is 30.3 Å². The molecule has 1 aromatic heterocycles. The number of hydrogen-bond acceptors (Lipinski definition) is 6. The molecular formula is C21H21N3O4S. The molecule has 0 saturated carbocycles. The van der Waals surface area contributed by atoms with E-state index < -0.39 is 10.0 Å². The fraction of sp³-hybridized carbons (Fsp3) is 0.238. The SMILES string of the molecule is COc1ccc(/C=C/c2nc(-c3ccc(S(=O)(=O)N4CCCC4)cc3)no2)cc1. The summed E-state index contributed by atoms with van der Waals surface area (Å²) in [6.45, 7) is 1.16. The van der Waals surface area contributed by atoms with Gasteiger partial charge < -0.3 is 9.26 Å². The Morgan fingerprint density at radius 2 is 1.69 bits per heavy atom. The zero-order valence-electron chi connectivity index (χ0n) is 16.0. The predicted octanol–water partition coefficient (Wildman–Crippen LogP) is 3.70. The Morgan fingerprint density at radius 3 is 2.34 bits per heavy atom. The Bertz CT molecular complexity index is 1100. The van der Waals surface area contributed by atoms with Crippen LogP contribution in [0.4, 0.5) is 0 Å². The maximum Gasteiger partial charge on any atom is 0.250 e. The highest BCUT2D eigenvalue weighted by molar-refractivity contribution is 7.89. The van der Waals surface area contributed by atoms with E-state index in [4.69, 9.17) is 9.26 Å². The van der Waals surface area contributed by atoms with Crippen LogP contribution in [0.25, 0.3) is 23.5 Å². The van der Waals surface area contributed by atoms with Crippen molar-refractivity contribution in [2.24, 2.45) is 0 Å². The van der Waals surface area contributed by atoms with Crippen molar-refractivity contribution in [3.8, 4) is 17.1 Å². The lowest BCUT2D eigenvalue weighted by atomic mass is 10.2. The summed E-state index contributed by atoms with van der Waals surface area (Å²) in [5, 5.41) is 3.98. The van der Waals surface area contributed by atoms with E-state index in [-0.39, 0.29) is 4.90 Å². The standard InChI is InChI=1S/C21H21N3O4S/c1-27-18-9-4-16(5-10-18)6-13-20-22-21(23-28-20)17-7-11-19(12-8-17)29(25,26)24-14-2-3-15-24/h4-13H,2-3,14-15H2,1H3/b13-6+. The Kier molecular flexibility index (Phi) is 5.46. The van der Waals surface area contributed by atoms with E-state index >= 15 is 0 Å². The fourth-order valence-electron chi connectivity index (χ4n) is 3.16. The van der Waals surface area contributed by atoms with Crippen molar-refractivity contribution in [1.29, 1.82) is 0 Å². The molecule has 1 aliphatic rings. The molecule has 2 aromatic carbocycles. The van der Waals surface area contributed by atoms with Gasteiger partial charge in [-0.25, -0.2) is 8.42 Å². The molecule has 0 atom stereocenters. The van der Waals surface area contributed by atoms with Crippen LogP contribution < -0.4 is 4.74 Å². The third-order valence-corrected chi connectivity index (χ3v) is 6.70. The second-order valence-electron chi connectivity index (χ2n) is 6.70. The van der Waals surface area contributed by atoms with Crippen LogP contribution >= 0.6 is 0 Å². The van der Waals surface area contributed by atoms with Crippen LogP contribution in [-0.2, 0) is 10.0 Å². The first-order chi connectivity index (χ1) is 14.1. The quantitative estimate of drug-likeness (QED) is 0.615. The molecule has 0 radical (unpaired) electrons. The Labute approximate surface area is 169 Å². The number of nitrogens with zero attached hydrogens (tertiary/aromatic N) is 3. The summed E-state index contributed by atoms with van der Waals surface area (Å²) in [6.07, 6.45) is 5.41. The monoisotopic (exact) mass is 411 g/mol. The van der Waals surface area contributed by atoms with Crippen molar-refractivity contribution >= 4 is 22.2 Å². The zero-order chi connectivity index (χ0) is 20.3. The third-order valence-electron chi connectivity index (χ3n) is 4.79. The molecule has 150 valence electrons. The maximum atomic E-state index is 12.6. The lowest BCUT2D eigenvalue weighted by Crippen LogP contribution is -2.27. The van der Waals surface area contributed by atoms with Gasteiger partial charge in [0.25, 0.3) is 5.89 Å². The van der Waals surface area contributed by atoms with Crippen LogP contribution in [-0.4, -0.2) is 43.1 Å². The molecule has 0 amide bonds. The fourth-order valence-corrected chi connectivity index (χ4v) is 4.67. The number of hydrogen-bond donors (Lipinski definition) is 0. The highest BCUT2D eigenvalue weighted by atomic mass is 32.2. The van der Waals surface area contributed by atoms with Crippen LogP contribution in [0.5, 0.6) is 5.75 Å². The molecule has 1 fully saturated rings. The van der Waals surface area contributed by atoms with E-state index in [0.717, 1.165) is 24.2 Å². The molecule has 0 spiro atoms. The van der Waals surface area contributed by atoms with Gasteiger partial charge in [-0.1, -0.05) is 17.3 Å². The molecule has 7 nitrogen and oxygen atoms in total. The number of aromatic nitrogens is 2. The molecule has 0 unspecified atom stereocenters. The molecule has 4 rings (SSSR count). The van der Waals surface area contributed by atoms with Crippen LogP contribution in [0, 0.1) is 0 Å². The largest absolute Gasteiger partial charge is 0.497 e. The number of benzene rings is 2. The van der Waals surface area contributed by atoms with Crippen molar-refractivity contribution in [3.05, 3.63) is 60.0 Å². The minimum Gasteiger partial charge on any atom is -0.497 e. The second kappa shape index (κ2) is 8.18. The normalized spacial score (nSPS) is 15.2. The summed E-state index contributed by atoms with van der Waals surface area (Å²) >= 11 is 0. The van der Waals surface area contributed by atoms with E-state index in [0.29, 0.717) is 30.4 Å². The molecule has 29 heavy (non-hydrogen) atoms. The van der Waals surface area contributed by atoms with E-state index in [1.54, 1.807) is 37.5 Å². The van der Waals surface area contributed by atoms with Gasteiger partial charge in [0, 0.05) is 24.7 Å². The molecule has 0 bridgehead atoms. The van der Waals surface area contributed by atoms with Gasteiger partial charge in [0.05, 0.1) is 12.0 Å². The minimum atomic E-state index is -3.43. The van der Waals surface area contributed by atoms with Crippen LogP contribution in [0.1, 0.15) is 24.3 Å². The van der Waals surface area contributed by atoms with Crippen molar-refractivity contribution in [2.45, 2.75) is 17.7 Å². The highest BCUT2D eigenvalue weighted by Gasteiger charge is 2.27. The van der Waals surface area contributed by atoms with Gasteiger partial charge in [-0.05, 0) is 60.9 Å². The van der Waals surface area contributed by atoms with Crippen molar-refractivity contribution in [2.75, 3.05) is 20.2 Å². The topological polar surface area (TPSA) is 85.5 Å². The Balaban J connectivity index is 1.48. The minimum absolute atomic E-state index is 0.284. The van der Waals surface area contributed by atoms with E-state index in [1.165, 1.54) is 4.31 Å². The molecule has 1 saturated heterocycles. The summed E-state index contributed by atoms with van der Waals surface area (Å²) in [6, 6.07) is 14.2. The number of sulfonamides is 1. The van der Waals surface area contributed by atoms with Crippen LogP contribution in [0.2, 0.25) is 0 Å². The first-order valence-electron chi connectivity index (χ1n) is 9.33. The zero-order valence-corrected chi connectivity index (χ0v) is 16.8. The van der Waals surface area contributed by atoms with Crippen molar-refractivity contribution in [3.63, 3.8) is 0 Å². The van der Waals surface area contributed by atoms with Crippen LogP contribution in [0.3, 0.4) is 0 Å². The lowest BCUT2D eigenvalue weighted by molar-refractivity contribution is 0.411. The van der Waals surface area contributed by atoms with Gasteiger partial charge in [0.1, 0.15) is 5.75 Å². The maximum absolute atomic E-state index is 12.6. The average Bonchev–Trinajstić information content (AvgIpc) is 3.45. The van der Waals surface area contributed by atoms with Gasteiger partial charge in [-0.15, -0.1) is 0 Å². The molecular weight excluding hydrogens is 390 g/mol. The van der Waals surface area contributed by atoms with Gasteiger partial charge in [-0.2, -0.15) is 9.29 Å². The number of rotatable bonds is 6. The first-order valence-corrected chi connectivity index (χ1v) is 10.8. The van der Waals surface area contributed by atoms with Gasteiger partial charge >= 0.3 is 0 Å².